The Morgan fingerprint density at radius 3 is 1.86 bits per heavy atom. The first-order chi connectivity index (χ1) is 10.6. The minimum absolute atomic E-state index is 0.0458. The fourth-order valence-electron chi connectivity index (χ4n) is 2.09. The zero-order valence-corrected chi connectivity index (χ0v) is 14.5. The van der Waals surface area contributed by atoms with Gasteiger partial charge in [-0.2, -0.15) is 0 Å². The van der Waals surface area contributed by atoms with Crippen LogP contribution in [0.25, 0.3) is 0 Å². The first-order valence-electron chi connectivity index (χ1n) is 6.79. The van der Waals surface area contributed by atoms with Crippen LogP contribution in [0.1, 0.15) is 5.56 Å². The Kier molecular flexibility index (Phi) is 8.20. The molecule has 0 aliphatic carbocycles. The van der Waals surface area contributed by atoms with Crippen molar-refractivity contribution in [1.29, 1.82) is 0 Å². The van der Waals surface area contributed by atoms with E-state index in [2.05, 4.69) is 0 Å². The number of hydrogen-bond acceptors (Lipinski definition) is 4. The average molecular weight is 350 g/mol. The van der Waals surface area contributed by atoms with Crippen molar-refractivity contribution in [3.05, 3.63) is 17.7 Å². The number of carbonyl (C=O) groups excluding carboxylic acids is 1. The summed E-state index contributed by atoms with van der Waals surface area (Å²) < 4.78 is 15.8. The van der Waals surface area contributed by atoms with Gasteiger partial charge < -0.3 is 19.1 Å². The van der Waals surface area contributed by atoms with Crippen molar-refractivity contribution in [3.8, 4) is 17.2 Å². The molecule has 1 aromatic carbocycles. The molecule has 0 spiro atoms. The van der Waals surface area contributed by atoms with Crippen molar-refractivity contribution in [2.24, 2.45) is 0 Å². The highest BCUT2D eigenvalue weighted by molar-refractivity contribution is 6.18. The van der Waals surface area contributed by atoms with E-state index in [9.17, 15) is 4.79 Å². The van der Waals surface area contributed by atoms with Gasteiger partial charge in [0.2, 0.25) is 11.7 Å². The second-order valence-corrected chi connectivity index (χ2v) is 5.23. The summed E-state index contributed by atoms with van der Waals surface area (Å²) in [7, 11) is 4.61. The number of nitrogens with zero attached hydrogens (tertiary/aromatic N) is 1. The Bertz CT molecular complexity index is 465. The van der Waals surface area contributed by atoms with Gasteiger partial charge in [-0.05, 0) is 17.7 Å². The number of hydrogen-bond donors (Lipinski definition) is 0. The van der Waals surface area contributed by atoms with Crippen molar-refractivity contribution >= 4 is 29.1 Å². The lowest BCUT2D eigenvalue weighted by molar-refractivity contribution is -0.130. The third-order valence-electron chi connectivity index (χ3n) is 3.14. The fraction of sp³-hybridized carbons (Fsp3) is 0.533. The molecule has 0 heterocycles. The summed E-state index contributed by atoms with van der Waals surface area (Å²) in [6, 6.07) is 3.53. The lowest BCUT2D eigenvalue weighted by atomic mass is 10.1. The number of amides is 1. The number of benzene rings is 1. The summed E-state index contributed by atoms with van der Waals surface area (Å²) in [4.78, 5) is 14.0. The van der Waals surface area contributed by atoms with Gasteiger partial charge in [0.25, 0.3) is 0 Å². The van der Waals surface area contributed by atoms with E-state index < -0.39 is 0 Å². The molecule has 0 fully saturated rings. The van der Waals surface area contributed by atoms with Crippen LogP contribution in [0.2, 0.25) is 0 Å². The normalized spacial score (nSPS) is 10.2. The average Bonchev–Trinajstić information content (AvgIpc) is 2.53. The first-order valence-corrected chi connectivity index (χ1v) is 7.86. The predicted molar refractivity (Wildman–Crippen MR) is 87.8 cm³/mol. The molecular weight excluding hydrogens is 329 g/mol. The second kappa shape index (κ2) is 9.64. The molecule has 124 valence electrons. The van der Waals surface area contributed by atoms with Crippen LogP contribution in [0.3, 0.4) is 0 Å². The summed E-state index contributed by atoms with van der Waals surface area (Å²) >= 11 is 11.4. The van der Waals surface area contributed by atoms with E-state index in [1.54, 1.807) is 17.0 Å². The van der Waals surface area contributed by atoms with Gasteiger partial charge in [0.1, 0.15) is 0 Å². The number of rotatable bonds is 9. The quantitative estimate of drug-likeness (QED) is 0.643. The van der Waals surface area contributed by atoms with E-state index >= 15 is 0 Å². The third kappa shape index (κ3) is 4.85. The minimum Gasteiger partial charge on any atom is -0.493 e. The molecule has 1 rings (SSSR count). The van der Waals surface area contributed by atoms with Crippen LogP contribution < -0.4 is 14.2 Å². The lowest BCUT2D eigenvalue weighted by Crippen LogP contribution is -2.35. The molecule has 0 aliphatic heterocycles. The van der Waals surface area contributed by atoms with Crippen LogP contribution in [0, 0.1) is 0 Å². The fourth-order valence-corrected chi connectivity index (χ4v) is 2.50. The van der Waals surface area contributed by atoms with E-state index in [0.29, 0.717) is 42.1 Å². The Morgan fingerprint density at radius 2 is 1.50 bits per heavy atom. The highest BCUT2D eigenvalue weighted by Gasteiger charge is 2.17. The van der Waals surface area contributed by atoms with Gasteiger partial charge in [-0.3, -0.25) is 4.79 Å². The molecule has 22 heavy (non-hydrogen) atoms. The van der Waals surface area contributed by atoms with E-state index in [1.807, 2.05) is 0 Å². The lowest BCUT2D eigenvalue weighted by Gasteiger charge is -2.21. The molecule has 0 N–H and O–H groups in total. The van der Waals surface area contributed by atoms with Crippen molar-refractivity contribution in [2.45, 2.75) is 6.42 Å². The van der Waals surface area contributed by atoms with Gasteiger partial charge in [-0.1, -0.05) is 0 Å². The van der Waals surface area contributed by atoms with Gasteiger partial charge in [-0.25, -0.2) is 0 Å². The molecular formula is C15H21Cl2NO4. The maximum atomic E-state index is 12.3. The van der Waals surface area contributed by atoms with Gasteiger partial charge in [0.05, 0.1) is 27.8 Å². The van der Waals surface area contributed by atoms with Crippen molar-refractivity contribution in [3.63, 3.8) is 0 Å². The maximum Gasteiger partial charge on any atom is 0.227 e. The SMILES string of the molecule is COc1cc(CC(=O)N(CCCl)CCCl)cc(OC)c1OC. The van der Waals surface area contributed by atoms with Crippen LogP contribution >= 0.6 is 23.2 Å². The topological polar surface area (TPSA) is 48.0 Å². The van der Waals surface area contributed by atoms with Crippen LogP contribution in [0.4, 0.5) is 0 Å². The van der Waals surface area contributed by atoms with Crippen LogP contribution in [0.5, 0.6) is 17.2 Å². The molecule has 0 radical (unpaired) electrons. The highest BCUT2D eigenvalue weighted by Crippen LogP contribution is 2.38. The van der Waals surface area contributed by atoms with Gasteiger partial charge >= 0.3 is 0 Å². The molecule has 0 aliphatic rings. The predicted octanol–water partition coefficient (Wildman–Crippen LogP) is 2.56. The Labute approximate surface area is 141 Å². The van der Waals surface area contributed by atoms with E-state index in [-0.39, 0.29) is 12.3 Å². The molecule has 0 aromatic heterocycles. The Balaban J connectivity index is 2.99. The standard InChI is InChI=1S/C15H21Cl2NO4/c1-20-12-8-11(9-13(21-2)15(12)22-3)10-14(19)18(6-4-16)7-5-17/h8-9H,4-7,10H2,1-3H3. The number of halogens is 2. The van der Waals surface area contributed by atoms with E-state index in [1.165, 1.54) is 21.3 Å². The van der Waals surface area contributed by atoms with Crippen molar-refractivity contribution < 1.29 is 19.0 Å². The van der Waals surface area contributed by atoms with Crippen LogP contribution in [-0.4, -0.2) is 57.0 Å². The molecule has 0 unspecified atom stereocenters. The molecule has 7 heteroatoms. The van der Waals surface area contributed by atoms with E-state index in [4.69, 9.17) is 37.4 Å². The Hall–Kier alpha value is -1.33. The zero-order valence-electron chi connectivity index (χ0n) is 13.0. The second-order valence-electron chi connectivity index (χ2n) is 4.47. The summed E-state index contributed by atoms with van der Waals surface area (Å²) in [5, 5.41) is 0. The van der Waals surface area contributed by atoms with Gasteiger partial charge in [0, 0.05) is 24.8 Å². The summed E-state index contributed by atoms with van der Waals surface area (Å²) in [6.45, 7) is 0.940. The number of alkyl halides is 2. The third-order valence-corrected chi connectivity index (χ3v) is 3.48. The molecule has 5 nitrogen and oxygen atoms in total. The number of ether oxygens (including phenoxy) is 3. The monoisotopic (exact) mass is 349 g/mol. The summed E-state index contributed by atoms with van der Waals surface area (Å²) in [5.41, 5.74) is 0.772. The molecule has 0 saturated carbocycles. The smallest absolute Gasteiger partial charge is 0.227 e. The molecule has 0 atom stereocenters. The molecule has 1 amide bonds. The van der Waals surface area contributed by atoms with Crippen molar-refractivity contribution in [1.82, 2.24) is 4.90 Å². The Morgan fingerprint density at radius 1 is 1.00 bits per heavy atom. The molecule has 0 bridgehead atoms. The van der Waals surface area contributed by atoms with Gasteiger partial charge in [-0.15, -0.1) is 23.2 Å². The van der Waals surface area contributed by atoms with Crippen LogP contribution in [-0.2, 0) is 11.2 Å². The number of carbonyl (C=O) groups is 1. The zero-order chi connectivity index (χ0) is 16.5. The van der Waals surface area contributed by atoms with Crippen molar-refractivity contribution in [2.75, 3.05) is 46.2 Å². The molecule has 0 saturated heterocycles. The summed E-state index contributed by atoms with van der Waals surface area (Å²) in [6.07, 6.45) is 0.213. The maximum absolute atomic E-state index is 12.3. The van der Waals surface area contributed by atoms with E-state index in [0.717, 1.165) is 5.56 Å². The largest absolute Gasteiger partial charge is 0.493 e. The van der Waals surface area contributed by atoms with Crippen LogP contribution in [0.15, 0.2) is 12.1 Å². The highest BCUT2D eigenvalue weighted by atomic mass is 35.5. The first kappa shape index (κ1) is 18.7. The minimum atomic E-state index is -0.0458. The number of methoxy groups -OCH3 is 3. The summed E-state index contributed by atoms with van der Waals surface area (Å²) in [5.74, 6) is 2.24. The van der Waals surface area contributed by atoms with Gasteiger partial charge in [0.15, 0.2) is 11.5 Å². The molecule has 1 aromatic rings.